The number of carbonyl (C=O) groups excluding carboxylic acids is 1. The van der Waals surface area contributed by atoms with Crippen molar-refractivity contribution in [1.29, 1.82) is 0 Å². The quantitative estimate of drug-likeness (QED) is 0.113. The van der Waals surface area contributed by atoms with Crippen molar-refractivity contribution in [2.75, 3.05) is 0 Å². The number of hydrogen-bond acceptors (Lipinski definition) is 3. The fraction of sp³-hybridized carbons (Fsp3) is 0.143. The summed E-state index contributed by atoms with van der Waals surface area (Å²) < 4.78 is 2.44. The number of para-hydroxylation sites is 3. The Kier molecular flexibility index (Phi) is 8.99. The van der Waals surface area contributed by atoms with E-state index in [1.807, 2.05) is 12.1 Å². The molecular formula is C35H31IrN2O2-. The number of hydrogen-bond donors (Lipinski definition) is 1. The van der Waals surface area contributed by atoms with Crippen LogP contribution in [0.2, 0.25) is 0 Å². The summed E-state index contributed by atoms with van der Waals surface area (Å²) in [5, 5.41) is 12.0. The van der Waals surface area contributed by atoms with E-state index in [-0.39, 0.29) is 31.6 Å². The Labute approximate surface area is 248 Å². The standard InChI is InChI=1S/C30H23N2.C5H8O2.Ir/c1-20(2)23-17-11-18-25-27-28(21-12-5-3-6-13-21)31-26-19-10-9-16-24(26)30(27)32(29(23)25)22-14-7-4-8-15-22;1-4(6)3-5(2)7;/h3-12,14-20H,1-2H3;3,6H,1-2H3;/q-1;;/b;4-3-;. The monoisotopic (exact) mass is 704 g/mol. The number of aliphatic hydroxyl groups excluding tert-OH is 1. The number of aromatic nitrogens is 2. The van der Waals surface area contributed by atoms with Crippen molar-refractivity contribution < 1.29 is 30.0 Å². The van der Waals surface area contributed by atoms with Gasteiger partial charge in [0.1, 0.15) is 0 Å². The van der Waals surface area contributed by atoms with Crippen molar-refractivity contribution in [2.24, 2.45) is 0 Å². The van der Waals surface area contributed by atoms with Crippen molar-refractivity contribution in [3.8, 4) is 16.9 Å². The van der Waals surface area contributed by atoms with Crippen LogP contribution in [0.25, 0.3) is 49.7 Å². The van der Waals surface area contributed by atoms with Crippen LogP contribution < -0.4 is 0 Å². The normalized spacial score (nSPS) is 11.4. The zero-order valence-corrected chi connectivity index (χ0v) is 25.4. The molecule has 40 heavy (non-hydrogen) atoms. The molecule has 0 aliphatic rings. The Bertz CT molecular complexity index is 1820. The maximum atomic E-state index is 10.0. The Morgan fingerprint density at radius 1 is 0.850 bits per heavy atom. The topological polar surface area (TPSA) is 55.1 Å². The number of carbonyl (C=O) groups is 1. The van der Waals surface area contributed by atoms with Crippen molar-refractivity contribution >= 4 is 38.5 Å². The summed E-state index contributed by atoms with van der Waals surface area (Å²) >= 11 is 0. The number of nitrogens with zero attached hydrogens (tertiary/aromatic N) is 2. The van der Waals surface area contributed by atoms with Crippen molar-refractivity contribution in [2.45, 2.75) is 33.6 Å². The third kappa shape index (κ3) is 5.62. The SMILES string of the molecule is CC(=O)/C=C(/C)O.CC(C)c1cccc2c3c(-c4[c-]cccc4)nc4ccccc4c3n(-c3ccccc3)c12.[Ir]. The number of benzene rings is 4. The second kappa shape index (κ2) is 12.4. The van der Waals surface area contributed by atoms with Gasteiger partial charge in [0.25, 0.3) is 0 Å². The van der Waals surface area contributed by atoms with Gasteiger partial charge >= 0.3 is 0 Å². The van der Waals surface area contributed by atoms with Gasteiger partial charge in [0.2, 0.25) is 0 Å². The van der Waals surface area contributed by atoms with E-state index >= 15 is 0 Å². The van der Waals surface area contributed by atoms with Crippen LogP contribution in [0.15, 0.2) is 109 Å². The zero-order chi connectivity index (χ0) is 27.5. The Hall–Kier alpha value is -4.05. The van der Waals surface area contributed by atoms with Gasteiger partial charge in [0.05, 0.1) is 22.3 Å². The van der Waals surface area contributed by atoms with Crippen molar-refractivity contribution in [3.63, 3.8) is 0 Å². The van der Waals surface area contributed by atoms with Crippen LogP contribution >= 0.6 is 0 Å². The van der Waals surface area contributed by atoms with Gasteiger partial charge < -0.3 is 9.67 Å². The first-order valence-corrected chi connectivity index (χ1v) is 13.1. The molecule has 0 aliphatic carbocycles. The summed E-state index contributed by atoms with van der Waals surface area (Å²) in [5.41, 5.74) is 7.98. The molecule has 4 aromatic carbocycles. The molecular weight excluding hydrogens is 673 g/mol. The maximum absolute atomic E-state index is 10.0. The number of rotatable bonds is 4. The molecule has 0 unspecified atom stereocenters. The summed E-state index contributed by atoms with van der Waals surface area (Å²) in [6, 6.07) is 37.4. The third-order valence-electron chi connectivity index (χ3n) is 6.66. The van der Waals surface area contributed by atoms with Gasteiger partial charge in [-0.2, -0.15) is 0 Å². The molecule has 203 valence electrons. The van der Waals surface area contributed by atoms with Crippen LogP contribution in [-0.4, -0.2) is 20.4 Å². The second-order valence-electron chi connectivity index (χ2n) is 9.94. The molecule has 6 aromatic rings. The van der Waals surface area contributed by atoms with Gasteiger partial charge in [-0.25, -0.2) is 0 Å². The minimum absolute atomic E-state index is 0. The van der Waals surface area contributed by atoms with Crippen LogP contribution in [0.5, 0.6) is 0 Å². The summed E-state index contributed by atoms with van der Waals surface area (Å²) in [5.74, 6) is 0.337. The molecule has 1 N–H and O–H groups in total. The molecule has 0 saturated carbocycles. The van der Waals surface area contributed by atoms with Gasteiger partial charge in [-0.15, -0.1) is 35.9 Å². The van der Waals surface area contributed by atoms with E-state index < -0.39 is 0 Å². The number of allylic oxidation sites excluding steroid dienone is 2. The summed E-state index contributed by atoms with van der Waals surface area (Å²) in [6.07, 6.45) is 1.17. The Morgan fingerprint density at radius 2 is 1.52 bits per heavy atom. The molecule has 4 nitrogen and oxygen atoms in total. The first-order chi connectivity index (χ1) is 18.9. The van der Waals surface area contributed by atoms with E-state index in [9.17, 15) is 4.79 Å². The first-order valence-electron chi connectivity index (χ1n) is 13.1. The van der Waals surface area contributed by atoms with Crippen molar-refractivity contribution in [1.82, 2.24) is 9.55 Å². The first kappa shape index (κ1) is 28.9. The number of fused-ring (bicyclic) bond motifs is 5. The summed E-state index contributed by atoms with van der Waals surface area (Å²) in [4.78, 5) is 15.2. The van der Waals surface area contributed by atoms with Gasteiger partial charge in [-0.05, 0) is 54.6 Å². The van der Waals surface area contributed by atoms with Crippen LogP contribution in [0.3, 0.4) is 0 Å². The van der Waals surface area contributed by atoms with E-state index in [4.69, 9.17) is 10.1 Å². The smallest absolute Gasteiger partial charge is 0.155 e. The largest absolute Gasteiger partial charge is 0.512 e. The van der Waals surface area contributed by atoms with Gasteiger partial charge in [0, 0.05) is 42.6 Å². The predicted molar refractivity (Wildman–Crippen MR) is 162 cm³/mol. The maximum Gasteiger partial charge on any atom is 0.155 e. The molecule has 0 amide bonds. The van der Waals surface area contributed by atoms with Crippen LogP contribution in [-0.2, 0) is 24.9 Å². The van der Waals surface area contributed by atoms with Crippen LogP contribution in [0.1, 0.15) is 39.2 Å². The van der Waals surface area contributed by atoms with Crippen LogP contribution in [0.4, 0.5) is 0 Å². The minimum Gasteiger partial charge on any atom is -0.512 e. The van der Waals surface area contributed by atoms with Gasteiger partial charge in [0.15, 0.2) is 5.78 Å². The van der Waals surface area contributed by atoms with E-state index in [0.29, 0.717) is 5.92 Å². The average Bonchev–Trinajstić information content (AvgIpc) is 3.29. The number of pyridine rings is 1. The molecule has 1 radical (unpaired) electrons. The third-order valence-corrected chi connectivity index (χ3v) is 6.66. The number of aliphatic hydroxyl groups is 1. The molecule has 6 rings (SSSR count). The molecule has 0 aliphatic heterocycles. The average molecular weight is 704 g/mol. The zero-order valence-electron chi connectivity index (χ0n) is 23.0. The molecule has 5 heteroatoms. The Balaban J connectivity index is 0.000000413. The predicted octanol–water partition coefficient (Wildman–Crippen LogP) is 8.96. The molecule has 0 spiro atoms. The van der Waals surface area contributed by atoms with Crippen molar-refractivity contribution in [3.05, 3.63) is 121 Å². The van der Waals surface area contributed by atoms with E-state index in [0.717, 1.165) is 22.2 Å². The molecule has 0 fully saturated rings. The molecule has 0 atom stereocenters. The van der Waals surface area contributed by atoms with E-state index in [1.165, 1.54) is 53.0 Å². The van der Waals surface area contributed by atoms with Gasteiger partial charge in [-0.1, -0.05) is 68.4 Å². The van der Waals surface area contributed by atoms with E-state index in [2.05, 4.69) is 109 Å². The van der Waals surface area contributed by atoms with Crippen LogP contribution in [0, 0.1) is 6.07 Å². The fourth-order valence-electron chi connectivity index (χ4n) is 5.14. The van der Waals surface area contributed by atoms with Gasteiger partial charge in [-0.3, -0.25) is 9.78 Å². The molecule has 0 saturated heterocycles. The summed E-state index contributed by atoms with van der Waals surface area (Å²) in [6.45, 7) is 7.38. The fourth-order valence-corrected chi connectivity index (χ4v) is 5.14. The number of ketones is 1. The molecule has 0 bridgehead atoms. The molecule has 2 aromatic heterocycles. The summed E-state index contributed by atoms with van der Waals surface area (Å²) in [7, 11) is 0. The van der Waals surface area contributed by atoms with E-state index in [1.54, 1.807) is 0 Å². The second-order valence-corrected chi connectivity index (χ2v) is 9.94. The minimum atomic E-state index is -0.125. The molecule has 2 heterocycles. The Morgan fingerprint density at radius 3 is 2.15 bits per heavy atom.